The average Bonchev–Trinajstić information content (AvgIpc) is 2.89. The molecule has 1 heterocycles. The van der Waals surface area contributed by atoms with Crippen LogP contribution >= 0.6 is 0 Å². The highest BCUT2D eigenvalue weighted by molar-refractivity contribution is 5.96. The molecule has 3 rings (SSSR count). The number of allylic oxidation sites excluding steroid dienone is 4. The molecule has 1 aliphatic rings. The van der Waals surface area contributed by atoms with E-state index in [2.05, 4.69) is 36.6 Å². The predicted molar refractivity (Wildman–Crippen MR) is 89.8 cm³/mol. The Morgan fingerprint density at radius 3 is 2.77 bits per heavy atom. The number of rotatable bonds is 4. The van der Waals surface area contributed by atoms with Gasteiger partial charge >= 0.3 is 0 Å². The molecule has 0 N–H and O–H groups in total. The van der Waals surface area contributed by atoms with Crippen molar-refractivity contribution in [3.63, 3.8) is 0 Å². The number of hydrogen-bond acceptors (Lipinski definition) is 2. The van der Waals surface area contributed by atoms with Gasteiger partial charge < -0.3 is 4.57 Å². The molecule has 22 heavy (non-hydrogen) atoms. The highest BCUT2D eigenvalue weighted by atomic mass is 16.6. The van der Waals surface area contributed by atoms with Gasteiger partial charge in [-0.2, -0.15) is 0 Å². The van der Waals surface area contributed by atoms with Crippen LogP contribution < -0.4 is 0 Å². The van der Waals surface area contributed by atoms with E-state index in [1.54, 1.807) is 12.1 Å². The Labute approximate surface area is 129 Å². The van der Waals surface area contributed by atoms with E-state index in [9.17, 15) is 10.1 Å². The minimum absolute atomic E-state index is 0.157. The van der Waals surface area contributed by atoms with Gasteiger partial charge in [0.1, 0.15) is 0 Å². The van der Waals surface area contributed by atoms with Crippen LogP contribution in [0.5, 0.6) is 0 Å². The van der Waals surface area contributed by atoms with Crippen molar-refractivity contribution in [2.75, 3.05) is 0 Å². The van der Waals surface area contributed by atoms with E-state index < -0.39 is 0 Å². The van der Waals surface area contributed by atoms with E-state index in [0.29, 0.717) is 5.92 Å². The number of non-ortho nitro benzene ring substituents is 1. The van der Waals surface area contributed by atoms with Crippen molar-refractivity contribution in [2.45, 2.75) is 33.2 Å². The number of fused-ring (bicyclic) bond motifs is 1. The molecule has 0 atom stereocenters. The Balaban J connectivity index is 2.24. The molecular weight excluding hydrogens is 276 g/mol. The zero-order chi connectivity index (χ0) is 15.7. The van der Waals surface area contributed by atoms with Gasteiger partial charge in [-0.1, -0.05) is 32.1 Å². The molecule has 0 aliphatic heterocycles. The van der Waals surface area contributed by atoms with Gasteiger partial charge in [0.15, 0.2) is 0 Å². The van der Waals surface area contributed by atoms with Crippen LogP contribution in [-0.2, 0) is 6.54 Å². The number of aromatic nitrogens is 1. The fourth-order valence-electron chi connectivity index (χ4n) is 3.02. The Morgan fingerprint density at radius 2 is 2.14 bits per heavy atom. The van der Waals surface area contributed by atoms with Crippen LogP contribution in [0.2, 0.25) is 0 Å². The molecule has 0 fully saturated rings. The van der Waals surface area contributed by atoms with Crippen molar-refractivity contribution in [3.05, 3.63) is 58.3 Å². The molecule has 0 saturated carbocycles. The van der Waals surface area contributed by atoms with Crippen molar-refractivity contribution >= 4 is 22.2 Å². The molecule has 114 valence electrons. The maximum atomic E-state index is 11.2. The van der Waals surface area contributed by atoms with Crippen molar-refractivity contribution in [1.82, 2.24) is 4.57 Å². The van der Waals surface area contributed by atoms with E-state index in [4.69, 9.17) is 0 Å². The van der Waals surface area contributed by atoms with Gasteiger partial charge in [0.2, 0.25) is 0 Å². The molecule has 0 amide bonds. The molecule has 0 spiro atoms. The minimum atomic E-state index is -0.310. The smallest absolute Gasteiger partial charge is 0.270 e. The first-order valence-corrected chi connectivity index (χ1v) is 7.70. The summed E-state index contributed by atoms with van der Waals surface area (Å²) in [6.45, 7) is 5.26. The average molecular weight is 296 g/mol. The SMILES string of the molecule is CC(C)Cn1ccc2cc([N+](=O)[O-])cc(C3=CCCC=C3)c21. The fourth-order valence-corrected chi connectivity index (χ4v) is 3.02. The lowest BCUT2D eigenvalue weighted by molar-refractivity contribution is -0.384. The maximum Gasteiger partial charge on any atom is 0.270 e. The highest BCUT2D eigenvalue weighted by Gasteiger charge is 2.17. The third kappa shape index (κ3) is 2.69. The second-order valence-electron chi connectivity index (χ2n) is 6.19. The molecule has 4 heteroatoms. The normalized spacial score (nSPS) is 14.6. The maximum absolute atomic E-state index is 11.2. The summed E-state index contributed by atoms with van der Waals surface area (Å²) in [5.74, 6) is 0.523. The Kier molecular flexibility index (Phi) is 3.84. The van der Waals surface area contributed by atoms with Crippen LogP contribution in [0.3, 0.4) is 0 Å². The van der Waals surface area contributed by atoms with E-state index in [1.807, 2.05) is 12.3 Å². The monoisotopic (exact) mass is 296 g/mol. The number of nitro benzene ring substituents is 1. The molecule has 4 nitrogen and oxygen atoms in total. The number of hydrogen-bond donors (Lipinski definition) is 0. The van der Waals surface area contributed by atoms with E-state index >= 15 is 0 Å². The first kappa shape index (κ1) is 14.6. The molecule has 1 aliphatic carbocycles. The Hall–Kier alpha value is -2.36. The van der Waals surface area contributed by atoms with Gasteiger partial charge in [0.05, 0.1) is 10.4 Å². The van der Waals surface area contributed by atoms with Crippen LogP contribution in [-0.4, -0.2) is 9.49 Å². The zero-order valence-electron chi connectivity index (χ0n) is 13.0. The van der Waals surface area contributed by atoms with Crippen LogP contribution in [0.15, 0.2) is 42.6 Å². The van der Waals surface area contributed by atoms with Gasteiger partial charge in [0.25, 0.3) is 5.69 Å². The Morgan fingerprint density at radius 1 is 1.32 bits per heavy atom. The summed E-state index contributed by atoms with van der Waals surface area (Å²) in [6.07, 6.45) is 10.4. The van der Waals surface area contributed by atoms with Crippen LogP contribution in [0.1, 0.15) is 32.3 Å². The summed E-state index contributed by atoms with van der Waals surface area (Å²) in [5.41, 5.74) is 3.30. The summed E-state index contributed by atoms with van der Waals surface area (Å²) in [7, 11) is 0. The molecule has 1 aromatic carbocycles. The zero-order valence-corrected chi connectivity index (χ0v) is 13.0. The summed E-state index contributed by atoms with van der Waals surface area (Å²) < 4.78 is 2.21. The second-order valence-corrected chi connectivity index (χ2v) is 6.19. The van der Waals surface area contributed by atoms with Gasteiger partial charge in [-0.05, 0) is 30.4 Å². The lowest BCUT2D eigenvalue weighted by atomic mass is 9.97. The summed E-state index contributed by atoms with van der Waals surface area (Å²) >= 11 is 0. The lowest BCUT2D eigenvalue weighted by Gasteiger charge is -2.14. The standard InChI is InChI=1S/C18H20N2O2/c1-13(2)12-19-9-8-15-10-16(20(21)22)11-17(18(15)19)14-6-4-3-5-7-14/h4,6-11,13H,3,5,12H2,1-2H3. The summed E-state index contributed by atoms with van der Waals surface area (Å²) in [5, 5.41) is 12.2. The van der Waals surface area contributed by atoms with E-state index in [1.165, 1.54) is 0 Å². The predicted octanol–water partition coefficient (Wildman–Crippen LogP) is 4.94. The lowest BCUT2D eigenvalue weighted by Crippen LogP contribution is -2.04. The molecule has 0 bridgehead atoms. The van der Waals surface area contributed by atoms with E-state index in [-0.39, 0.29) is 10.6 Å². The topological polar surface area (TPSA) is 48.1 Å². The molecule has 0 saturated heterocycles. The molecular formula is C18H20N2O2. The quantitative estimate of drug-likeness (QED) is 0.592. The van der Waals surface area contributed by atoms with Gasteiger partial charge in [-0.15, -0.1) is 0 Å². The number of nitro groups is 1. The molecule has 2 aromatic rings. The van der Waals surface area contributed by atoms with Crippen molar-refractivity contribution in [3.8, 4) is 0 Å². The van der Waals surface area contributed by atoms with Gasteiger partial charge in [-0.3, -0.25) is 10.1 Å². The molecule has 0 radical (unpaired) electrons. The van der Waals surface area contributed by atoms with Crippen LogP contribution in [0.25, 0.3) is 16.5 Å². The molecule has 0 unspecified atom stereocenters. The highest BCUT2D eigenvalue weighted by Crippen LogP contribution is 2.33. The van der Waals surface area contributed by atoms with Gasteiger partial charge in [-0.25, -0.2) is 0 Å². The summed E-state index contributed by atoms with van der Waals surface area (Å²) in [6, 6.07) is 5.35. The summed E-state index contributed by atoms with van der Waals surface area (Å²) in [4.78, 5) is 10.9. The first-order valence-electron chi connectivity index (χ1n) is 7.70. The second kappa shape index (κ2) is 5.79. The third-order valence-corrected chi connectivity index (χ3v) is 3.92. The largest absolute Gasteiger partial charge is 0.347 e. The van der Waals surface area contributed by atoms with Crippen LogP contribution in [0.4, 0.5) is 5.69 Å². The fraction of sp³-hybridized carbons (Fsp3) is 0.333. The van der Waals surface area contributed by atoms with E-state index in [0.717, 1.165) is 41.4 Å². The number of benzene rings is 1. The van der Waals surface area contributed by atoms with Gasteiger partial charge in [0, 0.05) is 35.8 Å². The van der Waals surface area contributed by atoms with Crippen molar-refractivity contribution < 1.29 is 4.92 Å². The van der Waals surface area contributed by atoms with Crippen molar-refractivity contribution in [1.29, 1.82) is 0 Å². The minimum Gasteiger partial charge on any atom is -0.347 e. The van der Waals surface area contributed by atoms with Crippen LogP contribution in [0, 0.1) is 16.0 Å². The first-order chi connectivity index (χ1) is 10.6. The Bertz CT molecular complexity index is 782. The number of nitrogens with zero attached hydrogens (tertiary/aromatic N) is 2. The van der Waals surface area contributed by atoms with Crippen molar-refractivity contribution in [2.24, 2.45) is 5.92 Å². The third-order valence-electron chi connectivity index (χ3n) is 3.92. The molecule has 1 aromatic heterocycles.